The van der Waals surface area contributed by atoms with Crippen molar-refractivity contribution in [2.24, 2.45) is 0 Å². The molecule has 2 aliphatic rings. The highest BCUT2D eigenvalue weighted by molar-refractivity contribution is 6.45. The zero-order valence-corrected chi connectivity index (χ0v) is 13.9. The lowest BCUT2D eigenvalue weighted by atomic mass is 9.96. The van der Waals surface area contributed by atoms with E-state index >= 15 is 0 Å². The van der Waals surface area contributed by atoms with Crippen molar-refractivity contribution in [1.82, 2.24) is 9.80 Å². The molecule has 1 N–H and O–H groups in total. The molecule has 130 valence electrons. The van der Waals surface area contributed by atoms with Crippen molar-refractivity contribution in [3.63, 3.8) is 0 Å². The van der Waals surface area contributed by atoms with Gasteiger partial charge >= 0.3 is 17.8 Å². The number of imide groups is 2. The summed E-state index contributed by atoms with van der Waals surface area (Å²) in [6, 6.07) is 5.85. The summed E-state index contributed by atoms with van der Waals surface area (Å²) in [5.74, 6) is -3.09. The minimum absolute atomic E-state index is 0.396. The van der Waals surface area contributed by atoms with Crippen LogP contribution in [0.15, 0.2) is 24.3 Å². The smallest absolute Gasteiger partial charge is 0.322 e. The number of fused-ring (bicyclic) bond motifs is 1. The Morgan fingerprint density at radius 3 is 2.32 bits per heavy atom. The number of likely N-dealkylation sites (N-methyl/N-ethyl adjacent to an activating group) is 1. The number of urea groups is 1. The van der Waals surface area contributed by atoms with Crippen LogP contribution >= 0.6 is 0 Å². The maximum Gasteiger partial charge on any atom is 0.334 e. The highest BCUT2D eigenvalue weighted by Gasteiger charge is 2.47. The van der Waals surface area contributed by atoms with Crippen LogP contribution in [0.3, 0.4) is 0 Å². The van der Waals surface area contributed by atoms with Crippen LogP contribution in [0, 0.1) is 0 Å². The Morgan fingerprint density at radius 2 is 1.72 bits per heavy atom. The van der Waals surface area contributed by atoms with Crippen LogP contribution in [0.4, 0.5) is 16.2 Å². The van der Waals surface area contributed by atoms with E-state index in [9.17, 15) is 24.0 Å². The second-order valence-electron chi connectivity index (χ2n) is 6.30. The van der Waals surface area contributed by atoms with Gasteiger partial charge in [-0.25, -0.2) is 9.69 Å². The molecule has 2 aliphatic heterocycles. The average Bonchev–Trinajstić information content (AvgIpc) is 2.73. The summed E-state index contributed by atoms with van der Waals surface area (Å²) < 4.78 is 0. The van der Waals surface area contributed by atoms with Gasteiger partial charge in [0.15, 0.2) is 0 Å². The molecule has 0 unspecified atom stereocenters. The van der Waals surface area contributed by atoms with Crippen LogP contribution in [-0.4, -0.2) is 58.6 Å². The Bertz CT molecular complexity index is 832. The van der Waals surface area contributed by atoms with Gasteiger partial charge in [-0.3, -0.25) is 29.0 Å². The number of carbonyl (C=O) groups excluding carboxylic acids is 5. The summed E-state index contributed by atoms with van der Waals surface area (Å²) in [4.78, 5) is 63.1. The van der Waals surface area contributed by atoms with Crippen molar-refractivity contribution in [2.45, 2.75) is 19.4 Å². The first-order valence-corrected chi connectivity index (χ1v) is 7.53. The second kappa shape index (κ2) is 5.40. The number of amides is 6. The predicted octanol–water partition coefficient (Wildman–Crippen LogP) is 0.171. The molecule has 0 spiro atoms. The number of hydrogen-bond donors (Lipinski definition) is 1. The van der Waals surface area contributed by atoms with Crippen molar-refractivity contribution in [2.75, 3.05) is 23.8 Å². The average molecular weight is 344 g/mol. The molecule has 0 radical (unpaired) electrons. The first-order chi connectivity index (χ1) is 11.7. The van der Waals surface area contributed by atoms with Crippen LogP contribution in [0.25, 0.3) is 0 Å². The molecular formula is C16H16N4O5. The van der Waals surface area contributed by atoms with Gasteiger partial charge in [-0.2, -0.15) is 0 Å². The zero-order chi connectivity index (χ0) is 18.5. The molecule has 6 amide bonds. The molecule has 1 aromatic rings. The normalized spacial score (nSPS) is 19.2. The largest absolute Gasteiger partial charge is 0.334 e. The molecule has 0 bridgehead atoms. The van der Waals surface area contributed by atoms with Crippen molar-refractivity contribution in [3.05, 3.63) is 24.3 Å². The Labute approximate surface area is 143 Å². The van der Waals surface area contributed by atoms with Gasteiger partial charge in [0.2, 0.25) is 11.8 Å². The predicted molar refractivity (Wildman–Crippen MR) is 86.5 cm³/mol. The number of rotatable bonds is 2. The lowest BCUT2D eigenvalue weighted by molar-refractivity contribution is -0.143. The third-order valence-electron chi connectivity index (χ3n) is 4.30. The molecule has 1 saturated heterocycles. The first-order valence-electron chi connectivity index (χ1n) is 7.53. The van der Waals surface area contributed by atoms with Crippen molar-refractivity contribution in [1.29, 1.82) is 0 Å². The maximum atomic E-state index is 12.9. The number of anilines is 2. The molecule has 3 rings (SSSR count). The SMILES string of the molecule is CN1C(=O)C(=O)N(CC(=O)N2c3ccccc3NC(=O)C2(C)C)C1=O. The molecule has 2 heterocycles. The number of carbonyl (C=O) groups is 5. The monoisotopic (exact) mass is 344 g/mol. The van der Waals surface area contributed by atoms with E-state index < -0.39 is 41.7 Å². The van der Waals surface area contributed by atoms with Gasteiger partial charge < -0.3 is 5.32 Å². The van der Waals surface area contributed by atoms with E-state index in [1.165, 1.54) is 11.9 Å². The van der Waals surface area contributed by atoms with Gasteiger partial charge in [0.05, 0.1) is 11.4 Å². The lowest BCUT2D eigenvalue weighted by Gasteiger charge is -2.42. The Hall–Kier alpha value is -3.23. The number of para-hydroxylation sites is 2. The molecule has 0 aromatic heterocycles. The summed E-state index contributed by atoms with van der Waals surface area (Å²) in [7, 11) is 1.17. The van der Waals surface area contributed by atoms with Gasteiger partial charge in [-0.15, -0.1) is 0 Å². The minimum atomic E-state index is -1.23. The van der Waals surface area contributed by atoms with Gasteiger partial charge in [-0.05, 0) is 26.0 Å². The molecule has 9 heteroatoms. The van der Waals surface area contributed by atoms with E-state index in [2.05, 4.69) is 5.32 Å². The highest BCUT2D eigenvalue weighted by Crippen LogP contribution is 2.36. The topological polar surface area (TPSA) is 107 Å². The van der Waals surface area contributed by atoms with Crippen molar-refractivity contribution >= 4 is 41.0 Å². The fourth-order valence-corrected chi connectivity index (χ4v) is 2.86. The lowest BCUT2D eigenvalue weighted by Crippen LogP contribution is -2.60. The first kappa shape index (κ1) is 16.6. The van der Waals surface area contributed by atoms with E-state index in [4.69, 9.17) is 0 Å². The van der Waals surface area contributed by atoms with E-state index in [-0.39, 0.29) is 0 Å². The molecule has 1 fully saturated rings. The van der Waals surface area contributed by atoms with Crippen LogP contribution in [0.2, 0.25) is 0 Å². The van der Waals surface area contributed by atoms with Crippen molar-refractivity contribution in [3.8, 4) is 0 Å². The standard InChI is InChI=1S/C16H16N4O5/c1-16(2)14(24)17-9-6-4-5-7-10(9)20(16)11(21)8-19-13(23)12(22)18(3)15(19)25/h4-7H,8H2,1-3H3,(H,17,24). The second-order valence-corrected chi connectivity index (χ2v) is 6.30. The summed E-state index contributed by atoms with van der Waals surface area (Å²) in [5.41, 5.74) is -0.323. The number of nitrogens with one attached hydrogen (secondary N) is 1. The van der Waals surface area contributed by atoms with Gasteiger partial charge in [0, 0.05) is 7.05 Å². The Morgan fingerprint density at radius 1 is 1.08 bits per heavy atom. The van der Waals surface area contributed by atoms with Crippen LogP contribution in [0.1, 0.15) is 13.8 Å². The highest BCUT2D eigenvalue weighted by atomic mass is 16.2. The van der Waals surface area contributed by atoms with Crippen LogP contribution < -0.4 is 10.2 Å². The van der Waals surface area contributed by atoms with Gasteiger partial charge in [0.25, 0.3) is 0 Å². The maximum absolute atomic E-state index is 12.9. The summed E-state index contributed by atoms with van der Waals surface area (Å²) in [5, 5.41) is 2.72. The summed E-state index contributed by atoms with van der Waals surface area (Å²) in [6.07, 6.45) is 0. The van der Waals surface area contributed by atoms with Crippen LogP contribution in [-0.2, 0) is 19.2 Å². The molecular weight excluding hydrogens is 328 g/mol. The molecule has 1 aromatic carbocycles. The fraction of sp³-hybridized carbons (Fsp3) is 0.312. The number of hydrogen-bond acceptors (Lipinski definition) is 5. The van der Waals surface area contributed by atoms with Crippen molar-refractivity contribution < 1.29 is 24.0 Å². The quantitative estimate of drug-likeness (QED) is 0.608. The molecule has 0 saturated carbocycles. The molecule has 0 aliphatic carbocycles. The third kappa shape index (κ3) is 2.35. The molecule has 25 heavy (non-hydrogen) atoms. The van der Waals surface area contributed by atoms with E-state index in [1.54, 1.807) is 38.1 Å². The van der Waals surface area contributed by atoms with E-state index in [0.717, 1.165) is 0 Å². The van der Waals surface area contributed by atoms with Crippen LogP contribution in [0.5, 0.6) is 0 Å². The number of benzene rings is 1. The number of nitrogens with zero attached hydrogens (tertiary/aromatic N) is 3. The Kier molecular flexibility index (Phi) is 3.59. The summed E-state index contributed by atoms with van der Waals surface area (Å²) in [6.45, 7) is 2.49. The van der Waals surface area contributed by atoms with E-state index in [0.29, 0.717) is 21.2 Å². The summed E-state index contributed by atoms with van der Waals surface area (Å²) >= 11 is 0. The van der Waals surface area contributed by atoms with Gasteiger partial charge in [0.1, 0.15) is 12.1 Å². The van der Waals surface area contributed by atoms with Gasteiger partial charge in [-0.1, -0.05) is 12.1 Å². The fourth-order valence-electron chi connectivity index (χ4n) is 2.86. The molecule has 9 nitrogen and oxygen atoms in total. The minimum Gasteiger partial charge on any atom is -0.322 e. The molecule has 0 atom stereocenters. The third-order valence-corrected chi connectivity index (χ3v) is 4.30. The van der Waals surface area contributed by atoms with E-state index in [1.807, 2.05) is 0 Å². The zero-order valence-electron chi connectivity index (χ0n) is 13.9. The Balaban J connectivity index is 1.96.